The molecule has 7 heteroatoms. The van der Waals surface area contributed by atoms with Crippen LogP contribution in [-0.2, 0) is 16.0 Å². The average molecular weight is 388 g/mol. The SMILES string of the molecule is CCOCCCNC(=NCC(=O)N(C)C)NCCc1c(C)[nH]c2ccccc12. The number of hydrogen-bond donors (Lipinski definition) is 3. The van der Waals surface area contributed by atoms with Crippen LogP contribution in [-0.4, -0.2) is 68.7 Å². The molecule has 0 aliphatic heterocycles. The molecular weight excluding hydrogens is 354 g/mol. The molecule has 0 aliphatic rings. The number of aliphatic imine (C=N–C) groups is 1. The van der Waals surface area contributed by atoms with E-state index in [1.165, 1.54) is 16.6 Å². The van der Waals surface area contributed by atoms with Crippen molar-refractivity contribution in [3.63, 3.8) is 0 Å². The zero-order chi connectivity index (χ0) is 20.4. The van der Waals surface area contributed by atoms with Gasteiger partial charge in [-0.05, 0) is 38.3 Å². The van der Waals surface area contributed by atoms with Crippen LogP contribution in [0.4, 0.5) is 0 Å². The maximum absolute atomic E-state index is 11.9. The molecule has 1 aromatic heterocycles. The number of nitrogens with zero attached hydrogens (tertiary/aromatic N) is 2. The quantitative estimate of drug-likeness (QED) is 0.331. The number of carbonyl (C=O) groups is 1. The molecule has 1 amide bonds. The molecule has 1 aromatic carbocycles. The summed E-state index contributed by atoms with van der Waals surface area (Å²) in [5.41, 5.74) is 3.66. The van der Waals surface area contributed by atoms with Gasteiger partial charge in [0.1, 0.15) is 6.54 Å². The highest BCUT2D eigenvalue weighted by Gasteiger charge is 2.09. The molecule has 0 bridgehead atoms. The van der Waals surface area contributed by atoms with E-state index >= 15 is 0 Å². The van der Waals surface area contributed by atoms with E-state index in [1.807, 2.05) is 13.0 Å². The first-order valence-electron chi connectivity index (χ1n) is 9.89. The van der Waals surface area contributed by atoms with Crippen molar-refractivity contribution >= 4 is 22.8 Å². The number of benzene rings is 1. The van der Waals surface area contributed by atoms with Gasteiger partial charge in [-0.2, -0.15) is 0 Å². The predicted molar refractivity (Wildman–Crippen MR) is 115 cm³/mol. The van der Waals surface area contributed by atoms with Crippen molar-refractivity contribution in [3.8, 4) is 0 Å². The minimum atomic E-state index is -0.0251. The Labute approximate surface area is 167 Å². The van der Waals surface area contributed by atoms with Crippen LogP contribution in [0.25, 0.3) is 10.9 Å². The van der Waals surface area contributed by atoms with Gasteiger partial charge < -0.3 is 25.3 Å². The van der Waals surface area contributed by atoms with Gasteiger partial charge in [-0.1, -0.05) is 18.2 Å². The second-order valence-electron chi connectivity index (χ2n) is 6.88. The number of hydrogen-bond acceptors (Lipinski definition) is 3. The lowest BCUT2D eigenvalue weighted by Crippen LogP contribution is -2.40. The van der Waals surface area contributed by atoms with E-state index in [1.54, 1.807) is 19.0 Å². The van der Waals surface area contributed by atoms with Crippen molar-refractivity contribution < 1.29 is 9.53 Å². The van der Waals surface area contributed by atoms with Crippen molar-refractivity contribution in [3.05, 3.63) is 35.5 Å². The highest BCUT2D eigenvalue weighted by atomic mass is 16.5. The molecule has 2 rings (SSSR count). The average Bonchev–Trinajstić information content (AvgIpc) is 3.00. The molecule has 28 heavy (non-hydrogen) atoms. The topological polar surface area (TPSA) is 81.8 Å². The molecule has 1 heterocycles. The van der Waals surface area contributed by atoms with E-state index < -0.39 is 0 Å². The minimum Gasteiger partial charge on any atom is -0.382 e. The van der Waals surface area contributed by atoms with E-state index in [2.05, 4.69) is 45.7 Å². The first-order valence-corrected chi connectivity index (χ1v) is 9.89. The third-order valence-electron chi connectivity index (χ3n) is 4.53. The van der Waals surface area contributed by atoms with Crippen LogP contribution in [0, 0.1) is 6.92 Å². The number of guanidine groups is 1. The van der Waals surface area contributed by atoms with Crippen molar-refractivity contribution in [1.29, 1.82) is 0 Å². The van der Waals surface area contributed by atoms with Crippen molar-refractivity contribution in [2.45, 2.75) is 26.7 Å². The number of H-pyrrole nitrogens is 1. The summed E-state index contributed by atoms with van der Waals surface area (Å²) in [6.45, 7) is 7.13. The lowest BCUT2D eigenvalue weighted by molar-refractivity contribution is -0.127. The Bertz CT molecular complexity index is 782. The Morgan fingerprint density at radius 1 is 1.21 bits per heavy atom. The molecule has 0 aliphatic carbocycles. The van der Waals surface area contributed by atoms with Crippen LogP contribution in [0.2, 0.25) is 0 Å². The van der Waals surface area contributed by atoms with Crippen molar-refractivity contribution in [1.82, 2.24) is 20.5 Å². The zero-order valence-corrected chi connectivity index (χ0v) is 17.5. The molecule has 2 aromatic rings. The Kier molecular flexibility index (Phi) is 8.81. The molecule has 0 fully saturated rings. The maximum atomic E-state index is 11.9. The lowest BCUT2D eigenvalue weighted by Gasteiger charge is -2.14. The van der Waals surface area contributed by atoms with Gasteiger partial charge in [0.05, 0.1) is 0 Å². The van der Waals surface area contributed by atoms with Crippen LogP contribution in [0.5, 0.6) is 0 Å². The van der Waals surface area contributed by atoms with E-state index in [4.69, 9.17) is 4.74 Å². The number of aromatic amines is 1. The summed E-state index contributed by atoms with van der Waals surface area (Å²) in [5.74, 6) is 0.632. The maximum Gasteiger partial charge on any atom is 0.243 e. The summed E-state index contributed by atoms with van der Waals surface area (Å²) >= 11 is 0. The van der Waals surface area contributed by atoms with Gasteiger partial charge in [0.15, 0.2) is 5.96 Å². The molecule has 0 unspecified atom stereocenters. The highest BCUT2D eigenvalue weighted by molar-refractivity contribution is 5.86. The molecule has 0 spiro atoms. The number of ether oxygens (including phenoxy) is 1. The predicted octanol–water partition coefficient (Wildman–Crippen LogP) is 2.07. The van der Waals surface area contributed by atoms with Gasteiger partial charge in [0.2, 0.25) is 5.91 Å². The highest BCUT2D eigenvalue weighted by Crippen LogP contribution is 2.21. The molecule has 0 saturated heterocycles. The fraction of sp³-hybridized carbons (Fsp3) is 0.524. The van der Waals surface area contributed by atoms with Gasteiger partial charge in [-0.15, -0.1) is 0 Å². The molecule has 7 nitrogen and oxygen atoms in total. The van der Waals surface area contributed by atoms with Gasteiger partial charge in [0.25, 0.3) is 0 Å². The van der Waals surface area contributed by atoms with Gasteiger partial charge >= 0.3 is 0 Å². The number of nitrogens with one attached hydrogen (secondary N) is 3. The van der Waals surface area contributed by atoms with Gasteiger partial charge in [-0.3, -0.25) is 4.79 Å². The molecule has 0 saturated carbocycles. The van der Waals surface area contributed by atoms with Crippen molar-refractivity contribution in [2.24, 2.45) is 4.99 Å². The number of para-hydroxylation sites is 1. The zero-order valence-electron chi connectivity index (χ0n) is 17.5. The molecular formula is C21H33N5O2. The second kappa shape index (κ2) is 11.3. The number of amides is 1. The van der Waals surface area contributed by atoms with E-state index in [-0.39, 0.29) is 12.5 Å². The number of carbonyl (C=O) groups excluding carboxylic acids is 1. The van der Waals surface area contributed by atoms with Gasteiger partial charge in [-0.25, -0.2) is 4.99 Å². The number of fused-ring (bicyclic) bond motifs is 1. The first kappa shape index (κ1) is 21.8. The van der Waals surface area contributed by atoms with Crippen LogP contribution in [0.15, 0.2) is 29.3 Å². The van der Waals surface area contributed by atoms with Gasteiger partial charge in [0, 0.05) is 57.0 Å². The monoisotopic (exact) mass is 387 g/mol. The summed E-state index contributed by atoms with van der Waals surface area (Å²) in [5, 5.41) is 7.89. The largest absolute Gasteiger partial charge is 0.382 e. The summed E-state index contributed by atoms with van der Waals surface area (Å²) in [6, 6.07) is 8.34. The Morgan fingerprint density at radius 2 is 1.96 bits per heavy atom. The normalized spacial score (nSPS) is 11.6. The molecule has 0 atom stereocenters. The number of aryl methyl sites for hydroxylation is 1. The standard InChI is InChI=1S/C21H33N5O2/c1-5-28-14-8-12-22-21(24-15-20(27)26(3)4)23-13-11-17-16(2)25-19-10-7-6-9-18(17)19/h6-7,9-10,25H,5,8,11-15H2,1-4H3,(H2,22,23,24). The smallest absolute Gasteiger partial charge is 0.243 e. The van der Waals surface area contributed by atoms with Crippen molar-refractivity contribution in [2.75, 3.05) is 46.9 Å². The molecule has 3 N–H and O–H groups in total. The fourth-order valence-corrected chi connectivity index (χ4v) is 2.95. The van der Waals surface area contributed by atoms with Crippen LogP contribution >= 0.6 is 0 Å². The third kappa shape index (κ3) is 6.56. The number of aromatic nitrogens is 1. The van der Waals surface area contributed by atoms with E-state index in [9.17, 15) is 4.79 Å². The van der Waals surface area contributed by atoms with Crippen LogP contribution < -0.4 is 10.6 Å². The number of rotatable bonds is 10. The lowest BCUT2D eigenvalue weighted by atomic mass is 10.1. The summed E-state index contributed by atoms with van der Waals surface area (Å²) in [7, 11) is 3.47. The van der Waals surface area contributed by atoms with Crippen LogP contribution in [0.3, 0.4) is 0 Å². The fourth-order valence-electron chi connectivity index (χ4n) is 2.95. The summed E-state index contributed by atoms with van der Waals surface area (Å²) < 4.78 is 5.36. The summed E-state index contributed by atoms with van der Waals surface area (Å²) in [4.78, 5) is 21.3. The Morgan fingerprint density at radius 3 is 2.71 bits per heavy atom. The molecule has 154 valence electrons. The third-order valence-corrected chi connectivity index (χ3v) is 4.53. The number of likely N-dealkylation sites (N-methyl/N-ethyl adjacent to an activating group) is 1. The Balaban J connectivity index is 1.93. The van der Waals surface area contributed by atoms with Crippen LogP contribution in [0.1, 0.15) is 24.6 Å². The molecule has 0 radical (unpaired) electrons. The second-order valence-corrected chi connectivity index (χ2v) is 6.88. The Hall–Kier alpha value is -2.54. The summed E-state index contributed by atoms with van der Waals surface area (Å²) in [6.07, 6.45) is 1.76. The van der Waals surface area contributed by atoms with E-state index in [0.717, 1.165) is 38.1 Å². The first-order chi connectivity index (χ1) is 13.5. The minimum absolute atomic E-state index is 0.0251. The van der Waals surface area contributed by atoms with E-state index in [0.29, 0.717) is 12.6 Å².